The molecule has 182 valence electrons. The molecule has 0 saturated carbocycles. The SMILES string of the molecule is Cc1ccc(C(=O)O)cc1-n1c(C)cc(C2C(c3ccccn3)NC(=S)N2Cc2ccncc2)c1C. The van der Waals surface area contributed by atoms with Gasteiger partial charge in [0.1, 0.15) is 0 Å². The summed E-state index contributed by atoms with van der Waals surface area (Å²) in [5, 5.41) is 13.8. The minimum atomic E-state index is -0.942. The van der Waals surface area contributed by atoms with Crippen molar-refractivity contribution >= 4 is 23.3 Å². The smallest absolute Gasteiger partial charge is 0.335 e. The van der Waals surface area contributed by atoms with E-state index < -0.39 is 5.97 Å². The fourth-order valence-electron chi connectivity index (χ4n) is 5.04. The van der Waals surface area contributed by atoms with E-state index in [2.05, 4.69) is 37.7 Å². The highest BCUT2D eigenvalue weighted by atomic mass is 32.1. The molecule has 0 radical (unpaired) electrons. The summed E-state index contributed by atoms with van der Waals surface area (Å²) in [6, 6.07) is 17.1. The van der Waals surface area contributed by atoms with Gasteiger partial charge in [-0.15, -0.1) is 0 Å². The van der Waals surface area contributed by atoms with Gasteiger partial charge in [-0.1, -0.05) is 12.1 Å². The number of hydrogen-bond donors (Lipinski definition) is 2. The van der Waals surface area contributed by atoms with Crippen molar-refractivity contribution in [3.63, 3.8) is 0 Å². The molecule has 0 amide bonds. The predicted octanol–water partition coefficient (Wildman–Crippen LogP) is 5.06. The van der Waals surface area contributed by atoms with Crippen LogP contribution in [-0.2, 0) is 6.54 Å². The number of hydrogen-bond acceptors (Lipinski definition) is 4. The Bertz CT molecular complexity index is 1440. The van der Waals surface area contributed by atoms with Gasteiger partial charge in [-0.25, -0.2) is 4.79 Å². The van der Waals surface area contributed by atoms with Crippen molar-refractivity contribution in [1.29, 1.82) is 0 Å². The first-order valence-corrected chi connectivity index (χ1v) is 12.2. The maximum atomic E-state index is 11.7. The maximum absolute atomic E-state index is 11.7. The second-order valence-electron chi connectivity index (χ2n) is 9.08. The average Bonchev–Trinajstić information content (AvgIpc) is 3.35. The molecule has 5 rings (SSSR count). The van der Waals surface area contributed by atoms with E-state index in [-0.39, 0.29) is 17.6 Å². The molecule has 2 N–H and O–H groups in total. The number of aryl methyl sites for hydroxylation is 2. The molecule has 1 fully saturated rings. The molecule has 1 aliphatic heterocycles. The van der Waals surface area contributed by atoms with Crippen molar-refractivity contribution in [2.24, 2.45) is 0 Å². The summed E-state index contributed by atoms with van der Waals surface area (Å²) in [5.41, 5.74) is 7.33. The zero-order chi connectivity index (χ0) is 25.4. The van der Waals surface area contributed by atoms with E-state index in [1.54, 1.807) is 30.7 Å². The molecule has 1 aromatic carbocycles. The summed E-state index contributed by atoms with van der Waals surface area (Å²) >= 11 is 5.84. The third-order valence-electron chi connectivity index (χ3n) is 6.79. The number of nitrogens with one attached hydrogen (secondary N) is 1. The quantitative estimate of drug-likeness (QED) is 0.360. The summed E-state index contributed by atoms with van der Waals surface area (Å²) in [4.78, 5) is 22.7. The van der Waals surface area contributed by atoms with Crippen LogP contribution in [0.1, 0.15) is 56.2 Å². The van der Waals surface area contributed by atoms with Crippen molar-refractivity contribution in [3.05, 3.63) is 113 Å². The Morgan fingerprint density at radius 2 is 1.83 bits per heavy atom. The zero-order valence-corrected chi connectivity index (χ0v) is 21.2. The summed E-state index contributed by atoms with van der Waals surface area (Å²) in [6.07, 6.45) is 5.38. The molecule has 4 heterocycles. The number of benzene rings is 1. The van der Waals surface area contributed by atoms with Gasteiger partial charge < -0.3 is 19.9 Å². The number of rotatable bonds is 6. The maximum Gasteiger partial charge on any atom is 0.335 e. The second kappa shape index (κ2) is 9.54. The predicted molar refractivity (Wildman–Crippen MR) is 142 cm³/mol. The van der Waals surface area contributed by atoms with Crippen molar-refractivity contribution in [3.8, 4) is 5.69 Å². The highest BCUT2D eigenvalue weighted by Gasteiger charge is 2.41. The van der Waals surface area contributed by atoms with Crippen molar-refractivity contribution in [2.75, 3.05) is 0 Å². The van der Waals surface area contributed by atoms with E-state index in [4.69, 9.17) is 12.2 Å². The minimum Gasteiger partial charge on any atom is -0.478 e. The van der Waals surface area contributed by atoms with Crippen LogP contribution in [0.25, 0.3) is 5.69 Å². The van der Waals surface area contributed by atoms with E-state index >= 15 is 0 Å². The molecule has 3 aromatic heterocycles. The van der Waals surface area contributed by atoms with E-state index in [1.165, 1.54) is 0 Å². The van der Waals surface area contributed by atoms with Gasteiger partial charge in [-0.3, -0.25) is 9.97 Å². The summed E-state index contributed by atoms with van der Waals surface area (Å²) in [5.74, 6) is -0.942. The number of pyridine rings is 2. The molecule has 2 unspecified atom stereocenters. The van der Waals surface area contributed by atoms with Crippen LogP contribution in [0.15, 0.2) is 73.2 Å². The summed E-state index contributed by atoms with van der Waals surface area (Å²) in [7, 11) is 0. The van der Waals surface area contributed by atoms with Crippen LogP contribution < -0.4 is 5.32 Å². The Kier molecular flexibility index (Phi) is 6.28. The standard InChI is InChI=1S/C28H27N5O2S/c1-17-7-8-21(27(34)35)15-24(17)33-18(2)14-22(19(33)3)26-25(23-6-4-5-11-30-23)31-28(36)32(26)16-20-9-12-29-13-10-20/h4-15,25-26H,16H2,1-3H3,(H,31,36)(H,34,35). The third-order valence-corrected chi connectivity index (χ3v) is 7.14. The van der Waals surface area contributed by atoms with Gasteiger partial charge in [0.25, 0.3) is 0 Å². The first-order chi connectivity index (χ1) is 17.3. The highest BCUT2D eigenvalue weighted by molar-refractivity contribution is 7.80. The van der Waals surface area contributed by atoms with Crippen LogP contribution in [-0.4, -0.2) is 35.6 Å². The zero-order valence-electron chi connectivity index (χ0n) is 20.3. The molecule has 0 aliphatic carbocycles. The Morgan fingerprint density at radius 3 is 2.53 bits per heavy atom. The lowest BCUT2D eigenvalue weighted by Crippen LogP contribution is -2.29. The summed E-state index contributed by atoms with van der Waals surface area (Å²) < 4.78 is 2.14. The molecule has 1 saturated heterocycles. The van der Waals surface area contributed by atoms with Gasteiger partial charge in [0.05, 0.1) is 23.3 Å². The molecule has 0 bridgehead atoms. The Hall–Kier alpha value is -4.04. The monoisotopic (exact) mass is 497 g/mol. The van der Waals surface area contributed by atoms with Gasteiger partial charge in [0.15, 0.2) is 5.11 Å². The largest absolute Gasteiger partial charge is 0.478 e. The van der Waals surface area contributed by atoms with Crippen LogP contribution in [0.2, 0.25) is 0 Å². The van der Waals surface area contributed by atoms with Gasteiger partial charge >= 0.3 is 5.97 Å². The minimum absolute atomic E-state index is 0.108. The van der Waals surface area contributed by atoms with Crippen molar-refractivity contribution < 1.29 is 9.90 Å². The van der Waals surface area contributed by atoms with Gasteiger partial charge in [-0.05, 0) is 92.1 Å². The normalized spacial score (nSPS) is 17.3. The molecule has 1 aliphatic rings. The Balaban J connectivity index is 1.64. The highest BCUT2D eigenvalue weighted by Crippen LogP contribution is 2.42. The molecule has 8 heteroatoms. The van der Waals surface area contributed by atoms with Crippen LogP contribution in [0.5, 0.6) is 0 Å². The van der Waals surface area contributed by atoms with E-state index in [0.717, 1.165) is 39.5 Å². The number of aromatic nitrogens is 3. The van der Waals surface area contributed by atoms with Gasteiger partial charge in [-0.2, -0.15) is 0 Å². The number of carbonyl (C=O) groups is 1. The average molecular weight is 498 g/mol. The number of carboxylic acid groups (broad SMARTS) is 1. The number of carboxylic acids is 1. The van der Waals surface area contributed by atoms with Crippen LogP contribution in [0.4, 0.5) is 0 Å². The second-order valence-corrected chi connectivity index (χ2v) is 9.46. The molecule has 36 heavy (non-hydrogen) atoms. The molecule has 0 spiro atoms. The molecule has 2 atom stereocenters. The van der Waals surface area contributed by atoms with Gasteiger partial charge in [0.2, 0.25) is 0 Å². The van der Waals surface area contributed by atoms with Crippen LogP contribution >= 0.6 is 12.2 Å². The summed E-state index contributed by atoms with van der Waals surface area (Å²) in [6.45, 7) is 6.75. The number of aromatic carboxylic acids is 1. The topological polar surface area (TPSA) is 83.3 Å². The fraction of sp³-hybridized carbons (Fsp3) is 0.214. The lowest BCUT2D eigenvalue weighted by Gasteiger charge is -2.28. The van der Waals surface area contributed by atoms with Crippen LogP contribution in [0, 0.1) is 20.8 Å². The Labute approximate surface area is 215 Å². The molecule has 7 nitrogen and oxygen atoms in total. The molecule has 4 aromatic rings. The first kappa shape index (κ1) is 23.7. The lowest BCUT2D eigenvalue weighted by molar-refractivity contribution is 0.0697. The van der Waals surface area contributed by atoms with Gasteiger partial charge in [0, 0.05) is 42.2 Å². The van der Waals surface area contributed by atoms with E-state index in [1.807, 2.05) is 50.2 Å². The van der Waals surface area contributed by atoms with Crippen LogP contribution in [0.3, 0.4) is 0 Å². The van der Waals surface area contributed by atoms with E-state index in [9.17, 15) is 9.90 Å². The van der Waals surface area contributed by atoms with E-state index in [0.29, 0.717) is 11.7 Å². The number of thiocarbonyl (C=S) groups is 1. The third kappa shape index (κ3) is 4.24. The lowest BCUT2D eigenvalue weighted by atomic mass is 9.96. The molecular weight excluding hydrogens is 470 g/mol. The fourth-order valence-corrected chi connectivity index (χ4v) is 5.35. The first-order valence-electron chi connectivity index (χ1n) is 11.7. The number of nitrogens with zero attached hydrogens (tertiary/aromatic N) is 4. The van der Waals surface area contributed by atoms with Crippen molar-refractivity contribution in [2.45, 2.75) is 39.4 Å². The van der Waals surface area contributed by atoms with Crippen molar-refractivity contribution in [1.82, 2.24) is 24.8 Å². The molecular formula is C28H27N5O2S. The Morgan fingerprint density at radius 1 is 1.06 bits per heavy atom.